The van der Waals surface area contributed by atoms with Crippen LogP contribution in [-0.4, -0.2) is 47.6 Å². The summed E-state index contributed by atoms with van der Waals surface area (Å²) in [6.07, 6.45) is 5.58. The zero-order chi connectivity index (χ0) is 28.3. The number of hydrogen-bond donors (Lipinski definition) is 3. The second-order valence-electron chi connectivity index (χ2n) is 10.6. The predicted octanol–water partition coefficient (Wildman–Crippen LogP) is 5.53. The summed E-state index contributed by atoms with van der Waals surface area (Å²) >= 11 is 5.94. The molecule has 5 rings (SSSR count). The Kier molecular flexibility index (Phi) is 8.35. The van der Waals surface area contributed by atoms with Gasteiger partial charge in [-0.25, -0.2) is 9.18 Å². The van der Waals surface area contributed by atoms with E-state index in [9.17, 15) is 9.59 Å². The molecule has 0 radical (unpaired) electrons. The number of nitrogens with zero attached hydrogens (tertiary/aromatic N) is 2. The first-order valence-corrected chi connectivity index (χ1v) is 13.8. The predicted molar refractivity (Wildman–Crippen MR) is 153 cm³/mol. The average molecular weight is 566 g/mol. The molecule has 3 atom stereocenters. The molecule has 1 aliphatic carbocycles. The molecule has 2 aromatic carbocycles. The molecule has 1 saturated carbocycles. The molecule has 10 heteroatoms. The highest BCUT2D eigenvalue weighted by atomic mass is 35.5. The fourth-order valence-corrected chi connectivity index (χ4v) is 5.30. The van der Waals surface area contributed by atoms with E-state index in [1.165, 1.54) is 30.9 Å². The Hall–Kier alpha value is -3.53. The number of anilines is 2. The van der Waals surface area contributed by atoms with E-state index >= 15 is 4.39 Å². The molecule has 3 aromatic rings. The van der Waals surface area contributed by atoms with Crippen molar-refractivity contribution in [1.29, 1.82) is 0 Å². The van der Waals surface area contributed by atoms with Crippen molar-refractivity contribution in [2.45, 2.75) is 49.8 Å². The Morgan fingerprint density at radius 2 is 1.93 bits per heavy atom. The van der Waals surface area contributed by atoms with Crippen molar-refractivity contribution in [1.82, 2.24) is 9.88 Å². The number of urea groups is 1. The smallest absolute Gasteiger partial charge is 0.322 e. The van der Waals surface area contributed by atoms with E-state index in [1.807, 2.05) is 18.2 Å². The highest BCUT2D eigenvalue weighted by Crippen LogP contribution is 2.40. The Bertz CT molecular complexity index is 1360. The molecular formula is C30H33ClFN5O3. The minimum Gasteiger partial charge on any atom is -0.380 e. The van der Waals surface area contributed by atoms with Crippen molar-refractivity contribution in [3.8, 4) is 0 Å². The summed E-state index contributed by atoms with van der Waals surface area (Å²) in [6.45, 7) is 0.212. The SMILES string of the molecule is COC1CC(C(=O)Nc2cc(C(N)(CCC3CC3)c3ccccn3)ccc2F)N(C(=O)Nc2ccc(Cl)cc2)C1. The number of likely N-dealkylation sites (tertiary alicyclic amines) is 1. The van der Waals surface area contributed by atoms with Crippen LogP contribution in [0.4, 0.5) is 20.6 Å². The maximum atomic E-state index is 15.1. The van der Waals surface area contributed by atoms with Crippen molar-refractivity contribution in [3.05, 3.63) is 89.0 Å². The number of benzene rings is 2. The van der Waals surface area contributed by atoms with Crippen molar-refractivity contribution in [3.63, 3.8) is 0 Å². The molecule has 4 N–H and O–H groups in total. The number of halogens is 2. The molecule has 1 aromatic heterocycles. The molecule has 1 aliphatic heterocycles. The van der Waals surface area contributed by atoms with E-state index in [1.54, 1.807) is 42.6 Å². The van der Waals surface area contributed by atoms with E-state index in [-0.39, 0.29) is 24.8 Å². The number of hydrogen-bond acceptors (Lipinski definition) is 5. The van der Waals surface area contributed by atoms with Gasteiger partial charge in [-0.3, -0.25) is 9.78 Å². The van der Waals surface area contributed by atoms with Crippen molar-refractivity contribution in [2.75, 3.05) is 24.3 Å². The summed E-state index contributed by atoms with van der Waals surface area (Å²) < 4.78 is 20.5. The number of amides is 3. The molecule has 8 nitrogen and oxygen atoms in total. The first-order chi connectivity index (χ1) is 19.3. The van der Waals surface area contributed by atoms with Gasteiger partial charge in [0.1, 0.15) is 11.9 Å². The van der Waals surface area contributed by atoms with Crippen LogP contribution in [0.1, 0.15) is 43.4 Å². The Balaban J connectivity index is 1.37. The zero-order valence-electron chi connectivity index (χ0n) is 22.3. The molecule has 3 amide bonds. The number of aromatic nitrogens is 1. The minimum absolute atomic E-state index is 0.00129. The van der Waals surface area contributed by atoms with Crippen LogP contribution < -0.4 is 16.4 Å². The van der Waals surface area contributed by atoms with Crippen LogP contribution >= 0.6 is 11.6 Å². The van der Waals surface area contributed by atoms with Gasteiger partial charge in [0.05, 0.1) is 23.0 Å². The standard InChI is InChI=1S/C30H33ClFN5O3/c1-40-23-17-26(37(18-23)29(39)35-22-10-8-21(31)9-11-22)28(38)36-25-16-20(7-12-24(25)32)30(33,14-13-19-5-6-19)27-4-2-3-15-34-27/h2-4,7-12,15-16,19,23,26H,5-6,13-14,17-18,33H2,1H3,(H,35,39)(H,36,38). The van der Waals surface area contributed by atoms with E-state index in [2.05, 4.69) is 15.6 Å². The third-order valence-electron chi connectivity index (χ3n) is 7.76. The number of nitrogens with two attached hydrogens (primary N) is 1. The van der Waals surface area contributed by atoms with Crippen LogP contribution in [0, 0.1) is 11.7 Å². The molecule has 2 fully saturated rings. The van der Waals surface area contributed by atoms with Gasteiger partial charge in [0.25, 0.3) is 0 Å². The number of nitrogens with one attached hydrogen (secondary N) is 2. The lowest BCUT2D eigenvalue weighted by atomic mass is 9.82. The van der Waals surface area contributed by atoms with E-state index < -0.39 is 29.3 Å². The van der Waals surface area contributed by atoms with Gasteiger partial charge in [0, 0.05) is 37.0 Å². The first kappa shape index (κ1) is 28.0. The van der Waals surface area contributed by atoms with Crippen molar-refractivity contribution >= 4 is 34.9 Å². The number of carbonyl (C=O) groups excluding carboxylic acids is 2. The van der Waals surface area contributed by atoms with E-state index in [0.29, 0.717) is 34.3 Å². The zero-order valence-corrected chi connectivity index (χ0v) is 23.0. The third kappa shape index (κ3) is 6.27. The van der Waals surface area contributed by atoms with Crippen molar-refractivity contribution in [2.24, 2.45) is 11.7 Å². The second kappa shape index (κ2) is 11.9. The Labute approximate surface area is 238 Å². The first-order valence-electron chi connectivity index (χ1n) is 13.4. The summed E-state index contributed by atoms with van der Waals surface area (Å²) in [6, 6.07) is 15.4. The lowest BCUT2D eigenvalue weighted by molar-refractivity contribution is -0.119. The Morgan fingerprint density at radius 1 is 1.15 bits per heavy atom. The topological polar surface area (TPSA) is 110 Å². The van der Waals surface area contributed by atoms with Gasteiger partial charge in [0.15, 0.2) is 0 Å². The maximum absolute atomic E-state index is 15.1. The summed E-state index contributed by atoms with van der Waals surface area (Å²) in [5.41, 5.74) is 7.91. The van der Waals surface area contributed by atoms with Crippen LogP contribution in [0.15, 0.2) is 66.9 Å². The summed E-state index contributed by atoms with van der Waals surface area (Å²) in [5.74, 6) is -0.464. The molecule has 2 aliphatic rings. The van der Waals surface area contributed by atoms with Gasteiger partial charge in [-0.2, -0.15) is 0 Å². The van der Waals surface area contributed by atoms with Gasteiger partial charge < -0.3 is 26.0 Å². The van der Waals surface area contributed by atoms with Gasteiger partial charge in [0.2, 0.25) is 5.91 Å². The third-order valence-corrected chi connectivity index (χ3v) is 8.01. The second-order valence-corrected chi connectivity index (χ2v) is 11.0. The minimum atomic E-state index is -0.948. The monoisotopic (exact) mass is 565 g/mol. The number of pyridine rings is 1. The summed E-state index contributed by atoms with van der Waals surface area (Å²) in [4.78, 5) is 32.5. The number of carbonyl (C=O) groups is 2. The summed E-state index contributed by atoms with van der Waals surface area (Å²) in [7, 11) is 1.53. The van der Waals surface area contributed by atoms with Gasteiger partial charge in [-0.05, 0) is 72.9 Å². The molecule has 2 heterocycles. The lowest BCUT2D eigenvalue weighted by Gasteiger charge is -2.30. The molecule has 210 valence electrons. The molecule has 1 saturated heterocycles. The van der Waals surface area contributed by atoms with Crippen LogP contribution in [0.2, 0.25) is 5.02 Å². The van der Waals surface area contributed by atoms with Gasteiger partial charge >= 0.3 is 6.03 Å². The van der Waals surface area contributed by atoms with Gasteiger partial charge in [-0.15, -0.1) is 0 Å². The van der Waals surface area contributed by atoms with E-state index in [4.69, 9.17) is 22.1 Å². The maximum Gasteiger partial charge on any atom is 0.322 e. The molecule has 0 spiro atoms. The Morgan fingerprint density at radius 3 is 2.60 bits per heavy atom. The molecule has 3 unspecified atom stereocenters. The molecular weight excluding hydrogens is 533 g/mol. The van der Waals surface area contributed by atoms with Crippen LogP contribution in [0.3, 0.4) is 0 Å². The van der Waals surface area contributed by atoms with Gasteiger partial charge in [-0.1, -0.05) is 36.6 Å². The van der Waals surface area contributed by atoms with Crippen LogP contribution in [0.5, 0.6) is 0 Å². The largest absolute Gasteiger partial charge is 0.380 e. The summed E-state index contributed by atoms with van der Waals surface area (Å²) in [5, 5.41) is 6.04. The average Bonchev–Trinajstić information content (AvgIpc) is 3.70. The fraction of sp³-hybridized carbons (Fsp3) is 0.367. The highest BCUT2D eigenvalue weighted by Gasteiger charge is 2.40. The number of methoxy groups -OCH3 is 1. The molecule has 40 heavy (non-hydrogen) atoms. The van der Waals surface area contributed by atoms with E-state index in [0.717, 1.165) is 6.42 Å². The number of ether oxygens (including phenoxy) is 1. The normalized spacial score (nSPS) is 20.1. The highest BCUT2D eigenvalue weighted by molar-refractivity contribution is 6.30. The van der Waals surface area contributed by atoms with Crippen LogP contribution in [-0.2, 0) is 15.1 Å². The molecule has 0 bridgehead atoms. The lowest BCUT2D eigenvalue weighted by Crippen LogP contribution is -2.45. The number of rotatable bonds is 9. The fourth-order valence-electron chi connectivity index (χ4n) is 5.17. The van der Waals surface area contributed by atoms with Crippen LogP contribution in [0.25, 0.3) is 0 Å². The van der Waals surface area contributed by atoms with Crippen molar-refractivity contribution < 1.29 is 18.7 Å². The quantitative estimate of drug-likeness (QED) is 0.316.